The summed E-state index contributed by atoms with van der Waals surface area (Å²) in [4.78, 5) is 12.7. The molecular formula is C26H26O6. The van der Waals surface area contributed by atoms with E-state index in [0.717, 1.165) is 11.1 Å². The highest BCUT2D eigenvalue weighted by Crippen LogP contribution is 2.29. The molecule has 0 radical (unpaired) electrons. The molecule has 6 heteroatoms. The van der Waals surface area contributed by atoms with E-state index in [1.807, 2.05) is 0 Å². The number of ketones is 1. The predicted molar refractivity (Wildman–Crippen MR) is 125 cm³/mol. The lowest BCUT2D eigenvalue weighted by Crippen LogP contribution is -2.02. The summed E-state index contributed by atoms with van der Waals surface area (Å²) in [7, 11) is 6.17. The molecule has 6 nitrogen and oxygen atoms in total. The molecule has 1 N–H and O–H groups in total. The highest BCUT2D eigenvalue weighted by molar-refractivity contribution is 6.07. The number of methoxy groups -OCH3 is 4. The van der Waals surface area contributed by atoms with Gasteiger partial charge in [-0.3, -0.25) is 4.79 Å². The van der Waals surface area contributed by atoms with Crippen LogP contribution in [0.25, 0.3) is 12.2 Å². The van der Waals surface area contributed by atoms with E-state index < -0.39 is 5.78 Å². The van der Waals surface area contributed by atoms with Gasteiger partial charge in [-0.05, 0) is 47.5 Å². The van der Waals surface area contributed by atoms with E-state index in [-0.39, 0.29) is 17.8 Å². The molecule has 0 bridgehead atoms. The maximum atomic E-state index is 12.7. The first-order valence-electron chi connectivity index (χ1n) is 9.67. The number of carbonyl (C=O) groups excluding carboxylic acids is 1. The Bertz CT molecular complexity index is 1090. The minimum atomic E-state index is -0.396. The smallest absolute Gasteiger partial charge is 0.186 e. The Morgan fingerprint density at radius 2 is 1.31 bits per heavy atom. The van der Waals surface area contributed by atoms with Gasteiger partial charge in [0, 0.05) is 6.42 Å². The summed E-state index contributed by atoms with van der Waals surface area (Å²) in [5.41, 5.74) is 1.60. The molecule has 0 atom stereocenters. The van der Waals surface area contributed by atoms with Gasteiger partial charge in [-0.1, -0.05) is 24.3 Å². The number of carbonyl (C=O) groups is 1. The van der Waals surface area contributed by atoms with E-state index >= 15 is 0 Å². The van der Waals surface area contributed by atoms with E-state index in [4.69, 9.17) is 25.4 Å². The first-order valence-corrected chi connectivity index (χ1v) is 9.67. The van der Waals surface area contributed by atoms with E-state index in [2.05, 4.69) is 5.92 Å². The van der Waals surface area contributed by atoms with Gasteiger partial charge in [0.25, 0.3) is 0 Å². The minimum absolute atomic E-state index is 0.0167. The summed E-state index contributed by atoms with van der Waals surface area (Å²) < 4.78 is 21.0. The SMILES string of the molecule is C#CCC(C(=O)/C=C/c1ccc(OC)c(OC)c1)=C(O)/C=C/c1ccc(OC)c(OC)c1. The van der Waals surface area contributed by atoms with Crippen LogP contribution in [0.15, 0.2) is 59.9 Å². The van der Waals surface area contributed by atoms with Gasteiger partial charge in [-0.25, -0.2) is 0 Å². The fourth-order valence-electron chi connectivity index (χ4n) is 2.87. The first kappa shape index (κ1) is 24.2. The standard InChI is InChI=1S/C26H26O6/c1-6-7-20(21(27)12-8-18-10-14-23(29-2)25(16-18)31-4)22(28)13-9-19-11-15-24(30-3)26(17-19)32-5/h1,8-17,27H,7H2,2-5H3/b12-8+,13-9+,21-20?. The summed E-state index contributed by atoms with van der Waals surface area (Å²) in [5, 5.41) is 10.5. The van der Waals surface area contributed by atoms with E-state index in [9.17, 15) is 9.90 Å². The molecule has 0 aromatic heterocycles. The van der Waals surface area contributed by atoms with Gasteiger partial charge < -0.3 is 24.1 Å². The van der Waals surface area contributed by atoms with Crippen LogP contribution >= 0.6 is 0 Å². The Hall–Kier alpha value is -4.11. The number of hydrogen-bond acceptors (Lipinski definition) is 6. The molecule has 0 amide bonds. The van der Waals surface area contributed by atoms with Crippen molar-refractivity contribution >= 4 is 17.9 Å². The van der Waals surface area contributed by atoms with E-state index in [1.165, 1.54) is 26.4 Å². The van der Waals surface area contributed by atoms with Crippen molar-refractivity contribution in [2.45, 2.75) is 6.42 Å². The Morgan fingerprint density at radius 3 is 1.75 bits per heavy atom. The molecule has 0 aliphatic heterocycles. The predicted octanol–water partition coefficient (Wildman–Crippen LogP) is 4.85. The maximum Gasteiger partial charge on any atom is 0.186 e. The lowest BCUT2D eigenvalue weighted by molar-refractivity contribution is -0.111. The number of terminal acetylenes is 1. The van der Waals surface area contributed by atoms with Crippen LogP contribution in [0.4, 0.5) is 0 Å². The van der Waals surface area contributed by atoms with Gasteiger partial charge in [0.05, 0.1) is 34.0 Å². The highest BCUT2D eigenvalue weighted by atomic mass is 16.5. The molecule has 0 unspecified atom stereocenters. The highest BCUT2D eigenvalue weighted by Gasteiger charge is 2.11. The Kier molecular flexibility index (Phi) is 9.00. The number of rotatable bonds is 10. The summed E-state index contributed by atoms with van der Waals surface area (Å²) in [5.74, 6) is 4.08. The fraction of sp³-hybridized carbons (Fsp3) is 0.192. The second kappa shape index (κ2) is 11.9. The number of aliphatic hydroxyl groups excluding tert-OH is 1. The van der Waals surface area contributed by atoms with Crippen LogP contribution in [-0.2, 0) is 4.79 Å². The number of benzene rings is 2. The largest absolute Gasteiger partial charge is 0.507 e. The lowest BCUT2D eigenvalue weighted by Gasteiger charge is -2.08. The lowest BCUT2D eigenvalue weighted by atomic mass is 10.0. The summed E-state index contributed by atoms with van der Waals surface area (Å²) in [6, 6.07) is 10.6. The van der Waals surface area contributed by atoms with Crippen LogP contribution in [0.5, 0.6) is 23.0 Å². The van der Waals surface area contributed by atoms with Crippen LogP contribution in [0.2, 0.25) is 0 Å². The van der Waals surface area contributed by atoms with Crippen LogP contribution in [0.3, 0.4) is 0 Å². The molecule has 0 saturated carbocycles. The van der Waals surface area contributed by atoms with Crippen molar-refractivity contribution in [2.24, 2.45) is 0 Å². The Labute approximate surface area is 188 Å². The average molecular weight is 434 g/mol. The Morgan fingerprint density at radius 1 is 0.844 bits per heavy atom. The summed E-state index contributed by atoms with van der Waals surface area (Å²) >= 11 is 0. The number of aliphatic hydroxyl groups is 1. The van der Waals surface area contributed by atoms with Crippen LogP contribution in [-0.4, -0.2) is 39.3 Å². The summed E-state index contributed by atoms with van der Waals surface area (Å²) in [6.45, 7) is 0. The molecule has 0 fully saturated rings. The fourth-order valence-corrected chi connectivity index (χ4v) is 2.87. The van der Waals surface area contributed by atoms with Crippen LogP contribution in [0.1, 0.15) is 17.5 Å². The van der Waals surface area contributed by atoms with Crippen molar-refractivity contribution < 1.29 is 28.8 Å². The molecule has 0 aliphatic rings. The quantitative estimate of drug-likeness (QED) is 0.249. The van der Waals surface area contributed by atoms with Gasteiger partial charge in [0.1, 0.15) is 5.76 Å². The van der Waals surface area contributed by atoms with Crippen LogP contribution in [0, 0.1) is 12.3 Å². The van der Waals surface area contributed by atoms with Gasteiger partial charge in [0.2, 0.25) is 0 Å². The third kappa shape index (κ3) is 6.19. The minimum Gasteiger partial charge on any atom is -0.507 e. The monoisotopic (exact) mass is 434 g/mol. The molecule has 166 valence electrons. The molecular weight excluding hydrogens is 408 g/mol. The molecule has 32 heavy (non-hydrogen) atoms. The molecule has 0 spiro atoms. The van der Waals surface area contributed by atoms with Gasteiger partial charge in [-0.15, -0.1) is 12.3 Å². The molecule has 0 saturated heterocycles. The van der Waals surface area contributed by atoms with Gasteiger partial charge in [-0.2, -0.15) is 0 Å². The second-order valence-electron chi connectivity index (χ2n) is 6.50. The Balaban J connectivity index is 2.27. The molecule has 0 heterocycles. The topological polar surface area (TPSA) is 74.2 Å². The summed E-state index contributed by atoms with van der Waals surface area (Å²) in [6.07, 6.45) is 11.4. The maximum absolute atomic E-state index is 12.7. The zero-order chi connectivity index (χ0) is 23.5. The van der Waals surface area contributed by atoms with Crippen molar-refractivity contribution in [3.63, 3.8) is 0 Å². The van der Waals surface area contributed by atoms with E-state index in [0.29, 0.717) is 23.0 Å². The number of allylic oxidation sites excluding steroid dienone is 3. The molecule has 0 aliphatic carbocycles. The number of ether oxygens (including phenoxy) is 4. The van der Waals surface area contributed by atoms with Crippen molar-refractivity contribution in [1.82, 2.24) is 0 Å². The van der Waals surface area contributed by atoms with Crippen molar-refractivity contribution in [3.05, 3.63) is 71.0 Å². The number of hydrogen-bond donors (Lipinski definition) is 1. The normalized spacial score (nSPS) is 11.7. The van der Waals surface area contributed by atoms with Crippen molar-refractivity contribution in [2.75, 3.05) is 28.4 Å². The van der Waals surface area contributed by atoms with Gasteiger partial charge >= 0.3 is 0 Å². The zero-order valence-electron chi connectivity index (χ0n) is 18.5. The van der Waals surface area contributed by atoms with E-state index in [1.54, 1.807) is 62.8 Å². The zero-order valence-corrected chi connectivity index (χ0v) is 18.5. The van der Waals surface area contributed by atoms with Crippen LogP contribution < -0.4 is 18.9 Å². The first-order chi connectivity index (χ1) is 15.5. The average Bonchev–Trinajstić information content (AvgIpc) is 2.83. The third-order valence-electron chi connectivity index (χ3n) is 4.56. The molecule has 2 rings (SSSR count). The van der Waals surface area contributed by atoms with Crippen molar-refractivity contribution in [1.29, 1.82) is 0 Å². The molecule has 2 aromatic rings. The second-order valence-corrected chi connectivity index (χ2v) is 6.50. The van der Waals surface area contributed by atoms with Crippen molar-refractivity contribution in [3.8, 4) is 35.3 Å². The third-order valence-corrected chi connectivity index (χ3v) is 4.56. The molecule has 2 aromatic carbocycles. The van der Waals surface area contributed by atoms with Gasteiger partial charge in [0.15, 0.2) is 28.8 Å².